The molecule has 0 aliphatic heterocycles. The second kappa shape index (κ2) is 5.82. The van der Waals surface area contributed by atoms with E-state index in [2.05, 4.69) is 47.9 Å². The Hall–Kier alpha value is -3.85. The summed E-state index contributed by atoms with van der Waals surface area (Å²) in [5, 5.41) is 4.77. The number of hydrogen-bond acceptors (Lipinski definition) is 2. The summed E-state index contributed by atoms with van der Waals surface area (Å²) in [6.07, 6.45) is 0. The van der Waals surface area contributed by atoms with Crippen LogP contribution in [0, 0.1) is 6.92 Å². The van der Waals surface area contributed by atoms with Gasteiger partial charge < -0.3 is 8.98 Å². The molecule has 6 aromatic rings. The molecule has 3 nitrogen and oxygen atoms in total. The average molecular weight is 375 g/mol. The SMILES string of the molecule is Cc1cc2c3ccccc3c(=O)oc2c2c1c1ccccc1n2-c1ccccc1. The zero-order valence-electron chi connectivity index (χ0n) is 15.8. The number of benzene rings is 4. The first-order valence-corrected chi connectivity index (χ1v) is 9.68. The summed E-state index contributed by atoms with van der Waals surface area (Å²) < 4.78 is 8.16. The Morgan fingerprint density at radius 2 is 1.38 bits per heavy atom. The van der Waals surface area contributed by atoms with Crippen LogP contribution in [0.1, 0.15) is 5.56 Å². The van der Waals surface area contributed by atoms with E-state index in [4.69, 9.17) is 4.42 Å². The highest BCUT2D eigenvalue weighted by atomic mass is 16.4. The summed E-state index contributed by atoms with van der Waals surface area (Å²) in [5.41, 5.74) is 4.58. The molecule has 3 heteroatoms. The molecule has 0 saturated carbocycles. The highest BCUT2D eigenvalue weighted by Crippen LogP contribution is 2.39. The third-order valence-corrected chi connectivity index (χ3v) is 5.74. The molecule has 0 atom stereocenters. The molecule has 0 saturated heterocycles. The van der Waals surface area contributed by atoms with E-state index < -0.39 is 0 Å². The van der Waals surface area contributed by atoms with Crippen LogP contribution in [0.25, 0.3) is 49.2 Å². The fourth-order valence-corrected chi connectivity index (χ4v) is 4.53. The molecule has 0 spiro atoms. The minimum absolute atomic E-state index is 0.303. The van der Waals surface area contributed by atoms with Crippen LogP contribution in [0.2, 0.25) is 0 Å². The Labute approximate surface area is 166 Å². The molecule has 0 N–H and O–H groups in total. The summed E-state index contributed by atoms with van der Waals surface area (Å²) in [5.74, 6) is 0. The minimum Gasteiger partial charge on any atom is -0.420 e. The molecule has 0 fully saturated rings. The topological polar surface area (TPSA) is 35.1 Å². The van der Waals surface area contributed by atoms with Crippen molar-refractivity contribution in [1.82, 2.24) is 4.57 Å². The highest BCUT2D eigenvalue weighted by molar-refractivity contribution is 6.21. The summed E-state index contributed by atoms with van der Waals surface area (Å²) in [6.45, 7) is 2.13. The van der Waals surface area contributed by atoms with Crippen LogP contribution in [0.15, 0.2) is 94.1 Å². The second-order valence-corrected chi connectivity index (χ2v) is 7.42. The standard InChI is InChI=1S/C26H17NO2/c1-16-15-21-18-11-5-6-12-19(18)26(28)29-25(21)24-23(16)20-13-7-8-14-22(20)27(24)17-9-3-2-4-10-17/h2-15H,1H3. The van der Waals surface area contributed by atoms with Crippen LogP contribution >= 0.6 is 0 Å². The van der Waals surface area contributed by atoms with Gasteiger partial charge >= 0.3 is 5.63 Å². The molecular weight excluding hydrogens is 358 g/mol. The molecule has 0 bridgehead atoms. The third kappa shape index (κ3) is 2.15. The summed E-state index contributed by atoms with van der Waals surface area (Å²) in [6, 6.07) is 28.4. The molecule has 0 unspecified atom stereocenters. The van der Waals surface area contributed by atoms with Crippen molar-refractivity contribution in [3.63, 3.8) is 0 Å². The van der Waals surface area contributed by atoms with Gasteiger partial charge in [0.2, 0.25) is 0 Å². The van der Waals surface area contributed by atoms with Gasteiger partial charge in [0, 0.05) is 27.2 Å². The van der Waals surface area contributed by atoms with Crippen LogP contribution in [0.3, 0.4) is 0 Å². The van der Waals surface area contributed by atoms with Crippen molar-refractivity contribution in [2.24, 2.45) is 0 Å². The van der Waals surface area contributed by atoms with E-state index in [0.29, 0.717) is 11.0 Å². The normalized spacial score (nSPS) is 11.8. The van der Waals surface area contributed by atoms with Gasteiger partial charge in [0.25, 0.3) is 0 Å². The van der Waals surface area contributed by atoms with E-state index in [0.717, 1.165) is 43.8 Å². The van der Waals surface area contributed by atoms with Crippen molar-refractivity contribution in [3.05, 3.63) is 101 Å². The Kier molecular flexibility index (Phi) is 3.24. The molecule has 0 radical (unpaired) electrons. The molecule has 29 heavy (non-hydrogen) atoms. The van der Waals surface area contributed by atoms with Crippen molar-refractivity contribution >= 4 is 43.5 Å². The van der Waals surface area contributed by atoms with Crippen LogP contribution < -0.4 is 5.63 Å². The van der Waals surface area contributed by atoms with Gasteiger partial charge in [-0.05, 0) is 42.8 Å². The first-order chi connectivity index (χ1) is 14.2. The lowest BCUT2D eigenvalue weighted by atomic mass is 10.0. The van der Waals surface area contributed by atoms with E-state index in [1.807, 2.05) is 48.5 Å². The van der Waals surface area contributed by atoms with Gasteiger partial charge in [-0.15, -0.1) is 0 Å². The second-order valence-electron chi connectivity index (χ2n) is 7.42. The number of hydrogen-bond donors (Lipinski definition) is 0. The van der Waals surface area contributed by atoms with Crippen molar-refractivity contribution in [1.29, 1.82) is 0 Å². The maximum absolute atomic E-state index is 12.8. The lowest BCUT2D eigenvalue weighted by Gasteiger charge is -2.11. The Morgan fingerprint density at radius 3 is 2.17 bits per heavy atom. The molecule has 4 aromatic carbocycles. The van der Waals surface area contributed by atoms with Crippen molar-refractivity contribution in [3.8, 4) is 5.69 Å². The van der Waals surface area contributed by atoms with Crippen LogP contribution in [-0.4, -0.2) is 4.57 Å². The zero-order chi connectivity index (χ0) is 19.5. The highest BCUT2D eigenvalue weighted by Gasteiger charge is 2.20. The maximum Gasteiger partial charge on any atom is 0.344 e. The molecule has 0 aliphatic carbocycles. The van der Waals surface area contributed by atoms with Gasteiger partial charge in [-0.25, -0.2) is 4.79 Å². The first kappa shape index (κ1) is 16.1. The lowest BCUT2D eigenvalue weighted by molar-refractivity contribution is 0.571. The smallest absolute Gasteiger partial charge is 0.344 e. The molecule has 2 aromatic heterocycles. The van der Waals surface area contributed by atoms with E-state index in [-0.39, 0.29) is 5.63 Å². The summed E-state index contributed by atoms with van der Waals surface area (Å²) in [7, 11) is 0. The first-order valence-electron chi connectivity index (χ1n) is 9.68. The fourth-order valence-electron chi connectivity index (χ4n) is 4.53. The predicted molar refractivity (Wildman–Crippen MR) is 119 cm³/mol. The molecule has 2 heterocycles. The van der Waals surface area contributed by atoms with Crippen LogP contribution in [0.4, 0.5) is 0 Å². The van der Waals surface area contributed by atoms with Crippen molar-refractivity contribution < 1.29 is 4.42 Å². The zero-order valence-corrected chi connectivity index (χ0v) is 15.8. The van der Waals surface area contributed by atoms with Gasteiger partial charge in [-0.3, -0.25) is 0 Å². The number of aryl methyl sites for hydroxylation is 1. The van der Waals surface area contributed by atoms with Crippen molar-refractivity contribution in [2.45, 2.75) is 6.92 Å². The summed E-state index contributed by atoms with van der Waals surface area (Å²) >= 11 is 0. The Balaban J connectivity index is 1.97. The average Bonchev–Trinajstić information content (AvgIpc) is 3.12. The molecular formula is C26H17NO2. The molecule has 138 valence electrons. The lowest BCUT2D eigenvalue weighted by Crippen LogP contribution is -2.01. The largest absolute Gasteiger partial charge is 0.420 e. The van der Waals surface area contributed by atoms with Crippen LogP contribution in [-0.2, 0) is 0 Å². The van der Waals surface area contributed by atoms with E-state index >= 15 is 0 Å². The number of rotatable bonds is 1. The molecule has 0 amide bonds. The predicted octanol–water partition coefficient (Wildman–Crippen LogP) is 6.35. The number of aromatic nitrogens is 1. The van der Waals surface area contributed by atoms with Gasteiger partial charge in [0.05, 0.1) is 16.4 Å². The van der Waals surface area contributed by atoms with Gasteiger partial charge in [-0.1, -0.05) is 54.6 Å². The Morgan fingerprint density at radius 1 is 0.724 bits per heavy atom. The number of nitrogens with zero attached hydrogens (tertiary/aromatic N) is 1. The summed E-state index contributed by atoms with van der Waals surface area (Å²) in [4.78, 5) is 12.8. The van der Waals surface area contributed by atoms with Gasteiger partial charge in [-0.2, -0.15) is 0 Å². The van der Waals surface area contributed by atoms with Gasteiger partial charge in [0.1, 0.15) is 0 Å². The fraction of sp³-hybridized carbons (Fsp3) is 0.0385. The monoisotopic (exact) mass is 375 g/mol. The van der Waals surface area contributed by atoms with Crippen molar-refractivity contribution in [2.75, 3.05) is 0 Å². The maximum atomic E-state index is 12.8. The quantitative estimate of drug-likeness (QED) is 0.248. The molecule has 0 aliphatic rings. The minimum atomic E-state index is -0.303. The van der Waals surface area contributed by atoms with E-state index in [1.54, 1.807) is 0 Å². The van der Waals surface area contributed by atoms with E-state index in [9.17, 15) is 4.79 Å². The molecule has 6 rings (SSSR count). The van der Waals surface area contributed by atoms with Gasteiger partial charge in [0.15, 0.2) is 5.58 Å². The third-order valence-electron chi connectivity index (χ3n) is 5.74. The number of fused-ring (bicyclic) bond motifs is 7. The van der Waals surface area contributed by atoms with Crippen LogP contribution in [0.5, 0.6) is 0 Å². The Bertz CT molecular complexity index is 1620. The number of para-hydroxylation sites is 2. The van der Waals surface area contributed by atoms with E-state index in [1.165, 1.54) is 0 Å².